The minimum absolute atomic E-state index is 0.0774. The van der Waals surface area contributed by atoms with E-state index in [1.165, 1.54) is 11.8 Å². The average Bonchev–Trinajstić information content (AvgIpc) is 2.97. The number of rotatable bonds is 2. The van der Waals surface area contributed by atoms with Gasteiger partial charge in [0.25, 0.3) is 0 Å². The highest BCUT2D eigenvalue weighted by molar-refractivity contribution is 8.15. The van der Waals surface area contributed by atoms with Crippen LogP contribution in [-0.2, 0) is 4.79 Å². The van der Waals surface area contributed by atoms with Crippen LogP contribution in [0.4, 0.5) is 0 Å². The van der Waals surface area contributed by atoms with Crippen LogP contribution in [0.3, 0.4) is 0 Å². The standard InChI is InChI=1S/C18H14N2OS/c21-17-12-22-18-19-15(13-7-3-1-4-8-13)11-16(20(17)18)14-9-5-2-6-10-14/h1-11,16H,12H2/t16-/m1/s1. The molecule has 1 fully saturated rings. The molecular weight excluding hydrogens is 292 g/mol. The van der Waals surface area contributed by atoms with E-state index < -0.39 is 0 Å². The van der Waals surface area contributed by atoms with Gasteiger partial charge < -0.3 is 0 Å². The molecule has 0 unspecified atom stereocenters. The molecule has 2 aromatic carbocycles. The van der Waals surface area contributed by atoms with Crippen LogP contribution >= 0.6 is 11.8 Å². The summed E-state index contributed by atoms with van der Waals surface area (Å²) in [5.74, 6) is 0.596. The van der Waals surface area contributed by atoms with E-state index in [-0.39, 0.29) is 11.9 Å². The highest BCUT2D eigenvalue weighted by atomic mass is 32.2. The van der Waals surface area contributed by atoms with E-state index in [2.05, 4.69) is 35.3 Å². The third kappa shape index (κ3) is 2.25. The number of amidine groups is 1. The van der Waals surface area contributed by atoms with Crippen molar-refractivity contribution in [1.82, 2.24) is 4.90 Å². The summed E-state index contributed by atoms with van der Waals surface area (Å²) < 4.78 is 0. The number of amides is 1. The van der Waals surface area contributed by atoms with Gasteiger partial charge in [-0.05, 0) is 17.2 Å². The van der Waals surface area contributed by atoms with Gasteiger partial charge in [0.1, 0.15) is 0 Å². The smallest absolute Gasteiger partial charge is 0.239 e. The van der Waals surface area contributed by atoms with Crippen LogP contribution in [0.25, 0.3) is 5.70 Å². The van der Waals surface area contributed by atoms with E-state index in [0.29, 0.717) is 5.75 Å². The molecule has 1 amide bonds. The highest BCUT2D eigenvalue weighted by Crippen LogP contribution is 2.38. The van der Waals surface area contributed by atoms with Crippen molar-refractivity contribution in [2.75, 3.05) is 5.75 Å². The van der Waals surface area contributed by atoms with Crippen LogP contribution < -0.4 is 0 Å². The molecule has 22 heavy (non-hydrogen) atoms. The largest absolute Gasteiger partial charge is 0.279 e. The molecule has 3 nitrogen and oxygen atoms in total. The van der Waals surface area contributed by atoms with Gasteiger partial charge in [0, 0.05) is 0 Å². The molecule has 1 saturated heterocycles. The van der Waals surface area contributed by atoms with Gasteiger partial charge in [0.15, 0.2) is 5.17 Å². The monoisotopic (exact) mass is 306 g/mol. The van der Waals surface area contributed by atoms with Crippen molar-refractivity contribution in [1.29, 1.82) is 0 Å². The average molecular weight is 306 g/mol. The Morgan fingerprint density at radius 1 is 1.00 bits per heavy atom. The Bertz CT molecular complexity index is 768. The normalized spacial score (nSPS) is 20.5. The molecule has 0 spiro atoms. The molecule has 0 aliphatic carbocycles. The van der Waals surface area contributed by atoms with E-state index in [1.807, 2.05) is 41.3 Å². The number of fused-ring (bicyclic) bond motifs is 1. The Balaban J connectivity index is 1.82. The van der Waals surface area contributed by atoms with Gasteiger partial charge in [0.2, 0.25) is 5.91 Å². The van der Waals surface area contributed by atoms with E-state index in [9.17, 15) is 4.79 Å². The second-order valence-corrected chi connectivity index (χ2v) is 6.16. The first-order valence-electron chi connectivity index (χ1n) is 7.19. The maximum Gasteiger partial charge on any atom is 0.239 e. The van der Waals surface area contributed by atoms with Crippen LogP contribution in [0.5, 0.6) is 0 Å². The Kier molecular flexibility index (Phi) is 3.31. The minimum Gasteiger partial charge on any atom is -0.279 e. The van der Waals surface area contributed by atoms with Crippen LogP contribution in [-0.4, -0.2) is 21.7 Å². The molecule has 0 bridgehead atoms. The summed E-state index contributed by atoms with van der Waals surface area (Å²) in [5, 5.41) is 0.806. The van der Waals surface area contributed by atoms with Gasteiger partial charge in [-0.15, -0.1) is 0 Å². The summed E-state index contributed by atoms with van der Waals surface area (Å²) in [7, 11) is 0. The SMILES string of the molecule is O=C1CSC2=NC(c3ccccc3)=C[C@H](c3ccccc3)N12. The zero-order valence-corrected chi connectivity index (χ0v) is 12.7. The van der Waals surface area contributed by atoms with Crippen LogP contribution in [0.1, 0.15) is 17.2 Å². The second kappa shape index (κ2) is 5.46. The summed E-state index contributed by atoms with van der Waals surface area (Å²) in [6, 6.07) is 20.1. The van der Waals surface area contributed by atoms with Crippen LogP contribution in [0.15, 0.2) is 71.7 Å². The Morgan fingerprint density at radius 3 is 2.41 bits per heavy atom. The Labute approximate surface area is 133 Å². The fraction of sp³-hybridized carbons (Fsp3) is 0.111. The van der Waals surface area contributed by atoms with Crippen molar-refractivity contribution in [2.45, 2.75) is 6.04 Å². The van der Waals surface area contributed by atoms with Gasteiger partial charge >= 0.3 is 0 Å². The predicted molar refractivity (Wildman–Crippen MR) is 90.3 cm³/mol. The number of aliphatic imine (C=N–C) groups is 1. The molecule has 4 rings (SSSR count). The lowest BCUT2D eigenvalue weighted by atomic mass is 10.0. The van der Waals surface area contributed by atoms with E-state index in [0.717, 1.165) is 22.0 Å². The predicted octanol–water partition coefficient (Wildman–Crippen LogP) is 3.71. The lowest BCUT2D eigenvalue weighted by Crippen LogP contribution is -2.34. The van der Waals surface area contributed by atoms with Crippen molar-refractivity contribution in [3.05, 3.63) is 77.9 Å². The number of carbonyl (C=O) groups excluding carboxylic acids is 1. The second-order valence-electron chi connectivity index (χ2n) is 5.22. The van der Waals surface area contributed by atoms with Gasteiger partial charge in [-0.2, -0.15) is 0 Å². The summed E-state index contributed by atoms with van der Waals surface area (Å²) in [5.41, 5.74) is 3.12. The molecule has 4 heteroatoms. The number of carbonyl (C=O) groups is 1. The fourth-order valence-electron chi connectivity index (χ4n) is 2.76. The minimum atomic E-state index is -0.0774. The summed E-state index contributed by atoms with van der Waals surface area (Å²) in [6.07, 6.45) is 2.08. The summed E-state index contributed by atoms with van der Waals surface area (Å²) in [4.78, 5) is 18.7. The van der Waals surface area contributed by atoms with E-state index in [1.54, 1.807) is 0 Å². The fourth-order valence-corrected chi connectivity index (χ4v) is 3.67. The van der Waals surface area contributed by atoms with Gasteiger partial charge in [-0.25, -0.2) is 4.99 Å². The van der Waals surface area contributed by atoms with E-state index >= 15 is 0 Å². The molecule has 0 radical (unpaired) electrons. The maximum absolute atomic E-state index is 12.2. The lowest BCUT2D eigenvalue weighted by Gasteiger charge is -2.29. The lowest BCUT2D eigenvalue weighted by molar-refractivity contribution is -0.125. The van der Waals surface area contributed by atoms with Crippen molar-refractivity contribution in [3.8, 4) is 0 Å². The first-order chi connectivity index (χ1) is 10.8. The van der Waals surface area contributed by atoms with E-state index in [4.69, 9.17) is 0 Å². The number of thioether (sulfide) groups is 1. The van der Waals surface area contributed by atoms with Crippen LogP contribution in [0.2, 0.25) is 0 Å². The molecule has 1 atom stereocenters. The number of hydrogen-bond donors (Lipinski definition) is 0. The molecule has 0 N–H and O–H groups in total. The molecular formula is C18H14N2OS. The molecule has 0 saturated carbocycles. The summed E-state index contributed by atoms with van der Waals surface area (Å²) in [6.45, 7) is 0. The molecule has 2 aliphatic rings. The third-order valence-electron chi connectivity index (χ3n) is 3.82. The van der Waals surface area contributed by atoms with Crippen LogP contribution in [0, 0.1) is 0 Å². The highest BCUT2D eigenvalue weighted by Gasteiger charge is 2.37. The van der Waals surface area contributed by atoms with Crippen molar-refractivity contribution >= 4 is 28.5 Å². The molecule has 2 aromatic rings. The molecule has 108 valence electrons. The maximum atomic E-state index is 12.2. The molecule has 2 heterocycles. The van der Waals surface area contributed by atoms with Crippen molar-refractivity contribution in [2.24, 2.45) is 4.99 Å². The first-order valence-corrected chi connectivity index (χ1v) is 8.17. The van der Waals surface area contributed by atoms with Crippen molar-refractivity contribution < 1.29 is 4.79 Å². The zero-order chi connectivity index (χ0) is 14.9. The Hall–Kier alpha value is -2.33. The van der Waals surface area contributed by atoms with Gasteiger partial charge in [-0.1, -0.05) is 72.4 Å². The first kappa shape index (κ1) is 13.3. The topological polar surface area (TPSA) is 32.7 Å². The third-order valence-corrected chi connectivity index (χ3v) is 4.76. The van der Waals surface area contributed by atoms with Crippen molar-refractivity contribution in [3.63, 3.8) is 0 Å². The summed E-state index contributed by atoms with van der Waals surface area (Å²) >= 11 is 1.52. The number of benzene rings is 2. The molecule has 0 aromatic heterocycles. The van der Waals surface area contributed by atoms with Gasteiger partial charge in [-0.3, -0.25) is 9.69 Å². The molecule has 2 aliphatic heterocycles. The Morgan fingerprint density at radius 2 is 1.68 bits per heavy atom. The number of hydrogen-bond acceptors (Lipinski definition) is 3. The quantitative estimate of drug-likeness (QED) is 0.847. The number of nitrogens with zero attached hydrogens (tertiary/aromatic N) is 2. The zero-order valence-electron chi connectivity index (χ0n) is 11.8. The van der Waals surface area contributed by atoms with Gasteiger partial charge in [0.05, 0.1) is 17.5 Å².